The highest BCUT2D eigenvalue weighted by Crippen LogP contribution is 2.33. The lowest BCUT2D eigenvalue weighted by Gasteiger charge is -2.25. The molecule has 1 N–H and O–H groups in total. The molecular weight excluding hydrogens is 386 g/mol. The lowest BCUT2D eigenvalue weighted by Crippen LogP contribution is -2.17. The molecule has 0 aliphatic heterocycles. The van der Waals surface area contributed by atoms with Gasteiger partial charge in [-0.1, -0.05) is 0 Å². The van der Waals surface area contributed by atoms with Crippen molar-refractivity contribution in [3.63, 3.8) is 0 Å². The number of hydrogen-bond acceptors (Lipinski definition) is 3. The molecule has 160 valence electrons. The Hall–Kier alpha value is -3.12. The molecule has 0 aromatic carbocycles. The van der Waals surface area contributed by atoms with Crippen LogP contribution in [0.3, 0.4) is 0 Å². The number of aliphatic hydroxyl groups excluding tert-OH is 1. The van der Waals surface area contributed by atoms with Gasteiger partial charge in [0.2, 0.25) is 0 Å². The molecule has 6 heteroatoms. The van der Waals surface area contributed by atoms with E-state index in [0.717, 1.165) is 45.5 Å². The molecule has 0 radical (unpaired) electrons. The molecular formula is C25H29N5O. The fourth-order valence-corrected chi connectivity index (χ4v) is 4.51. The largest absolute Gasteiger partial charge is 0.384 e. The molecule has 1 aliphatic rings. The fourth-order valence-electron chi connectivity index (χ4n) is 4.51. The van der Waals surface area contributed by atoms with Gasteiger partial charge in [0.1, 0.15) is 17.7 Å². The van der Waals surface area contributed by atoms with Crippen LogP contribution in [0.2, 0.25) is 0 Å². The van der Waals surface area contributed by atoms with E-state index < -0.39 is 6.10 Å². The normalized spacial score (nSPS) is 15.3. The summed E-state index contributed by atoms with van der Waals surface area (Å²) in [6.45, 7) is 8.30. The minimum atomic E-state index is -0.762. The summed E-state index contributed by atoms with van der Waals surface area (Å²) < 4.78 is 6.27. The highest BCUT2D eigenvalue weighted by atomic mass is 16.3. The van der Waals surface area contributed by atoms with Crippen molar-refractivity contribution >= 4 is 0 Å². The maximum atomic E-state index is 11.3. The number of hydrogen-bond donors (Lipinski definition) is 1. The number of aryl methyl sites for hydroxylation is 4. The molecule has 1 aliphatic carbocycles. The van der Waals surface area contributed by atoms with E-state index in [9.17, 15) is 5.11 Å². The summed E-state index contributed by atoms with van der Waals surface area (Å²) in [6.07, 6.45) is 6.61. The summed E-state index contributed by atoms with van der Waals surface area (Å²) in [5.41, 5.74) is 6.08. The van der Waals surface area contributed by atoms with E-state index in [4.69, 9.17) is 4.98 Å². The van der Waals surface area contributed by atoms with Gasteiger partial charge < -0.3 is 14.2 Å². The Bertz CT molecular complexity index is 1140. The molecule has 31 heavy (non-hydrogen) atoms. The summed E-state index contributed by atoms with van der Waals surface area (Å²) in [5, 5.41) is 15.8. The van der Waals surface area contributed by atoms with Crippen molar-refractivity contribution in [2.45, 2.75) is 59.1 Å². The maximum absolute atomic E-state index is 11.3. The summed E-state index contributed by atoms with van der Waals surface area (Å²) in [7, 11) is 0. The third kappa shape index (κ3) is 3.41. The topological polar surface area (TPSA) is 60.8 Å². The van der Waals surface area contributed by atoms with Crippen LogP contribution in [0.5, 0.6) is 0 Å². The van der Waals surface area contributed by atoms with Crippen molar-refractivity contribution in [1.29, 1.82) is 0 Å². The second-order valence-electron chi connectivity index (χ2n) is 8.76. The monoisotopic (exact) mass is 415 g/mol. The predicted molar refractivity (Wildman–Crippen MR) is 121 cm³/mol. The van der Waals surface area contributed by atoms with Crippen LogP contribution in [0.25, 0.3) is 11.6 Å². The third-order valence-corrected chi connectivity index (χ3v) is 6.52. The second kappa shape index (κ2) is 7.54. The van der Waals surface area contributed by atoms with Crippen molar-refractivity contribution in [2.24, 2.45) is 0 Å². The first-order valence-electron chi connectivity index (χ1n) is 11.0. The summed E-state index contributed by atoms with van der Waals surface area (Å²) in [6, 6.07) is 12.8. The number of nitrogens with zero attached hydrogens (tertiary/aromatic N) is 5. The Morgan fingerprint density at radius 1 is 0.839 bits per heavy atom. The first kappa shape index (κ1) is 19.8. The van der Waals surface area contributed by atoms with Gasteiger partial charge in [0, 0.05) is 34.5 Å². The molecule has 0 saturated heterocycles. The molecule has 0 bridgehead atoms. The van der Waals surface area contributed by atoms with Gasteiger partial charge in [0.25, 0.3) is 0 Å². The quantitative estimate of drug-likeness (QED) is 0.504. The predicted octanol–water partition coefficient (Wildman–Crippen LogP) is 4.90. The van der Waals surface area contributed by atoms with Crippen LogP contribution >= 0.6 is 0 Å². The standard InChI is InChI=1S/C25H29N5O/c1-16-8-9-17(2)29(16)23-12-20(13-24(27-23)30-18(3)10-11-19(30)4)25(31)21-14-26-28(15-21)22-6-5-7-22/h8-15,22,25,31H,5-7H2,1-4H3. The number of pyridine rings is 1. The molecule has 5 rings (SSSR count). The first-order valence-corrected chi connectivity index (χ1v) is 11.0. The molecule has 1 saturated carbocycles. The minimum Gasteiger partial charge on any atom is -0.384 e. The van der Waals surface area contributed by atoms with Crippen LogP contribution in [0.1, 0.15) is 65.3 Å². The van der Waals surface area contributed by atoms with E-state index in [1.54, 1.807) is 6.20 Å². The van der Waals surface area contributed by atoms with Gasteiger partial charge in [-0.2, -0.15) is 5.10 Å². The Kier molecular flexibility index (Phi) is 4.82. The van der Waals surface area contributed by atoms with Gasteiger partial charge in [0.15, 0.2) is 0 Å². The van der Waals surface area contributed by atoms with Crippen LogP contribution in [-0.2, 0) is 0 Å². The van der Waals surface area contributed by atoms with Gasteiger partial charge >= 0.3 is 0 Å². The van der Waals surface area contributed by atoms with Gasteiger partial charge in [-0.15, -0.1) is 0 Å². The van der Waals surface area contributed by atoms with E-state index in [2.05, 4.69) is 66.2 Å². The first-order chi connectivity index (χ1) is 14.9. The summed E-state index contributed by atoms with van der Waals surface area (Å²) in [4.78, 5) is 4.99. The van der Waals surface area contributed by atoms with Crippen LogP contribution in [0.15, 0.2) is 48.8 Å². The molecule has 1 fully saturated rings. The molecule has 0 amide bonds. The molecule has 0 spiro atoms. The smallest absolute Gasteiger partial charge is 0.139 e. The zero-order chi connectivity index (χ0) is 21.7. The maximum Gasteiger partial charge on any atom is 0.139 e. The van der Waals surface area contributed by atoms with Crippen molar-refractivity contribution in [1.82, 2.24) is 23.9 Å². The van der Waals surface area contributed by atoms with Crippen molar-refractivity contribution < 1.29 is 5.11 Å². The SMILES string of the molecule is Cc1ccc(C)n1-c1cc(C(O)c2cnn(C3CCC3)c2)cc(-n2c(C)ccc2C)n1. The van der Waals surface area contributed by atoms with E-state index >= 15 is 0 Å². The molecule has 4 heterocycles. The van der Waals surface area contributed by atoms with Gasteiger partial charge in [0.05, 0.1) is 12.2 Å². The Balaban J connectivity index is 1.63. The van der Waals surface area contributed by atoms with E-state index in [0.29, 0.717) is 6.04 Å². The highest BCUT2D eigenvalue weighted by molar-refractivity contribution is 5.45. The molecule has 1 unspecified atom stereocenters. The van der Waals surface area contributed by atoms with Crippen LogP contribution < -0.4 is 0 Å². The van der Waals surface area contributed by atoms with Crippen molar-refractivity contribution in [3.05, 3.63) is 82.7 Å². The average Bonchev–Trinajstić information content (AvgIpc) is 3.39. The van der Waals surface area contributed by atoms with Gasteiger partial charge in [-0.3, -0.25) is 4.68 Å². The summed E-state index contributed by atoms with van der Waals surface area (Å²) >= 11 is 0. The van der Waals surface area contributed by atoms with E-state index in [1.807, 2.05) is 23.0 Å². The van der Waals surface area contributed by atoms with Crippen molar-refractivity contribution in [3.8, 4) is 11.6 Å². The minimum absolute atomic E-state index is 0.472. The molecule has 1 atom stereocenters. The number of rotatable bonds is 5. The molecule has 4 aromatic rings. The van der Waals surface area contributed by atoms with Crippen molar-refractivity contribution in [2.75, 3.05) is 0 Å². The number of aromatic nitrogens is 5. The van der Waals surface area contributed by atoms with E-state index in [-0.39, 0.29) is 0 Å². The lowest BCUT2D eigenvalue weighted by atomic mass is 9.93. The lowest BCUT2D eigenvalue weighted by molar-refractivity contribution is 0.219. The fraction of sp³-hybridized carbons (Fsp3) is 0.360. The van der Waals surface area contributed by atoms with Crippen LogP contribution in [0.4, 0.5) is 0 Å². The molecule has 6 nitrogen and oxygen atoms in total. The number of aliphatic hydroxyl groups is 1. The van der Waals surface area contributed by atoms with E-state index in [1.165, 1.54) is 19.3 Å². The van der Waals surface area contributed by atoms with Crippen LogP contribution in [-0.4, -0.2) is 29.0 Å². The molecule has 4 aromatic heterocycles. The second-order valence-corrected chi connectivity index (χ2v) is 8.76. The van der Waals surface area contributed by atoms with Crippen LogP contribution in [0, 0.1) is 27.7 Å². The third-order valence-electron chi connectivity index (χ3n) is 6.52. The Labute approximate surface area is 182 Å². The Morgan fingerprint density at radius 2 is 1.35 bits per heavy atom. The highest BCUT2D eigenvalue weighted by Gasteiger charge is 2.23. The van der Waals surface area contributed by atoms with Gasteiger partial charge in [-0.05, 0) is 88.9 Å². The Morgan fingerprint density at radius 3 is 1.81 bits per heavy atom. The summed E-state index contributed by atoms with van der Waals surface area (Å²) in [5.74, 6) is 1.62. The zero-order valence-electron chi connectivity index (χ0n) is 18.6. The van der Waals surface area contributed by atoms with Gasteiger partial charge in [-0.25, -0.2) is 4.98 Å². The zero-order valence-corrected chi connectivity index (χ0v) is 18.6. The average molecular weight is 416 g/mol.